The van der Waals surface area contributed by atoms with Crippen LogP contribution in [-0.2, 0) is 0 Å². The van der Waals surface area contributed by atoms with E-state index in [4.69, 9.17) is 4.74 Å². The van der Waals surface area contributed by atoms with Crippen molar-refractivity contribution in [1.29, 1.82) is 0 Å². The Hall–Kier alpha value is -3.59. The Morgan fingerprint density at radius 1 is 1.03 bits per heavy atom. The van der Waals surface area contributed by atoms with Gasteiger partial charge in [0.25, 0.3) is 0 Å². The maximum absolute atomic E-state index is 14.8. The van der Waals surface area contributed by atoms with Gasteiger partial charge < -0.3 is 15.2 Å². The summed E-state index contributed by atoms with van der Waals surface area (Å²) in [5.41, 5.74) is 3.60. The largest absolute Gasteiger partial charge is 0.507 e. The van der Waals surface area contributed by atoms with Crippen molar-refractivity contribution in [2.75, 3.05) is 0 Å². The van der Waals surface area contributed by atoms with Crippen molar-refractivity contribution in [3.05, 3.63) is 55.0 Å². The molecule has 8 nitrogen and oxygen atoms in total. The number of pyridine rings is 1. The monoisotopic (exact) mass is 446 g/mol. The first-order valence-electron chi connectivity index (χ1n) is 11.2. The number of phenolic OH excluding ortho intramolecular Hbond substituents is 1. The van der Waals surface area contributed by atoms with Gasteiger partial charge in [0.05, 0.1) is 5.69 Å². The minimum Gasteiger partial charge on any atom is -0.507 e. The number of phenols is 1. The van der Waals surface area contributed by atoms with Gasteiger partial charge in [-0.3, -0.25) is 4.40 Å². The highest BCUT2D eigenvalue weighted by atomic mass is 19.1. The summed E-state index contributed by atoms with van der Waals surface area (Å²) in [6, 6.07) is 12.8. The molecule has 33 heavy (non-hydrogen) atoms. The Morgan fingerprint density at radius 3 is 2.79 bits per heavy atom. The smallest absolute Gasteiger partial charge is 0.233 e. The lowest BCUT2D eigenvalue weighted by atomic mass is 9.84. The predicted octanol–water partition coefficient (Wildman–Crippen LogP) is 3.56. The summed E-state index contributed by atoms with van der Waals surface area (Å²) in [4.78, 5) is 0. The van der Waals surface area contributed by atoms with Gasteiger partial charge in [-0.25, -0.2) is 4.39 Å². The number of rotatable bonds is 4. The number of aromatic nitrogens is 5. The van der Waals surface area contributed by atoms with Crippen LogP contribution in [0.5, 0.6) is 11.6 Å². The van der Waals surface area contributed by atoms with E-state index in [-0.39, 0.29) is 11.8 Å². The van der Waals surface area contributed by atoms with Crippen molar-refractivity contribution >= 4 is 5.65 Å². The Balaban J connectivity index is 1.20. The van der Waals surface area contributed by atoms with E-state index in [1.165, 1.54) is 0 Å². The normalized spacial score (nSPS) is 24.6. The van der Waals surface area contributed by atoms with Crippen LogP contribution in [0.3, 0.4) is 0 Å². The summed E-state index contributed by atoms with van der Waals surface area (Å²) in [6.07, 6.45) is 5.54. The number of piperidine rings is 2. The van der Waals surface area contributed by atoms with Crippen molar-refractivity contribution in [2.24, 2.45) is 0 Å². The molecular weight excluding hydrogens is 423 g/mol. The fourth-order valence-electron chi connectivity index (χ4n) is 4.88. The summed E-state index contributed by atoms with van der Waals surface area (Å²) in [5.74, 6) is 0.388. The van der Waals surface area contributed by atoms with Crippen molar-refractivity contribution in [3.63, 3.8) is 0 Å². The molecule has 4 aromatic rings. The van der Waals surface area contributed by atoms with Crippen molar-refractivity contribution < 1.29 is 14.2 Å². The van der Waals surface area contributed by atoms with E-state index in [1.54, 1.807) is 30.6 Å². The molecule has 0 radical (unpaired) electrons. The van der Waals surface area contributed by atoms with Crippen molar-refractivity contribution in [2.45, 2.75) is 50.0 Å². The first-order valence-corrected chi connectivity index (χ1v) is 11.2. The van der Waals surface area contributed by atoms with Crippen LogP contribution in [0.4, 0.5) is 4.39 Å². The number of halogens is 1. The molecule has 0 spiro atoms. The second-order valence-electron chi connectivity index (χ2n) is 8.74. The molecule has 9 heteroatoms. The van der Waals surface area contributed by atoms with Gasteiger partial charge in [0.1, 0.15) is 18.2 Å². The zero-order valence-corrected chi connectivity index (χ0v) is 17.8. The van der Waals surface area contributed by atoms with Crippen LogP contribution >= 0.6 is 0 Å². The van der Waals surface area contributed by atoms with Gasteiger partial charge in [-0.05, 0) is 54.3 Å². The van der Waals surface area contributed by atoms with Gasteiger partial charge in [-0.1, -0.05) is 12.5 Å². The van der Waals surface area contributed by atoms with E-state index in [1.807, 2.05) is 28.8 Å². The third-order valence-corrected chi connectivity index (χ3v) is 6.58. The van der Waals surface area contributed by atoms with E-state index in [9.17, 15) is 9.50 Å². The van der Waals surface area contributed by atoms with Crippen LogP contribution in [-0.4, -0.2) is 54.3 Å². The van der Waals surface area contributed by atoms with E-state index < -0.39 is 12.3 Å². The molecule has 2 bridgehead atoms. The second kappa shape index (κ2) is 8.08. The van der Waals surface area contributed by atoms with E-state index in [0.717, 1.165) is 36.0 Å². The van der Waals surface area contributed by atoms with Crippen LogP contribution in [0.25, 0.3) is 28.0 Å². The summed E-state index contributed by atoms with van der Waals surface area (Å²) < 4.78 is 22.5. The number of aromatic hydroxyl groups is 1. The third-order valence-electron chi connectivity index (χ3n) is 6.58. The highest BCUT2D eigenvalue weighted by Crippen LogP contribution is 2.34. The minimum atomic E-state index is -1.06. The highest BCUT2D eigenvalue weighted by Gasteiger charge is 2.41. The predicted molar refractivity (Wildman–Crippen MR) is 120 cm³/mol. The molecule has 0 saturated carbocycles. The van der Waals surface area contributed by atoms with Crippen LogP contribution in [0.15, 0.2) is 55.0 Å². The molecule has 4 atom stereocenters. The van der Waals surface area contributed by atoms with Gasteiger partial charge in [0, 0.05) is 36.3 Å². The Bertz CT molecular complexity index is 1290. The molecule has 2 aliphatic heterocycles. The second-order valence-corrected chi connectivity index (χ2v) is 8.74. The summed E-state index contributed by atoms with van der Waals surface area (Å²) in [6.45, 7) is 0. The quantitative estimate of drug-likeness (QED) is 0.495. The first kappa shape index (κ1) is 20.0. The summed E-state index contributed by atoms with van der Waals surface area (Å²) >= 11 is 0. The lowest BCUT2D eigenvalue weighted by molar-refractivity contribution is 0.00652. The van der Waals surface area contributed by atoms with Crippen LogP contribution < -0.4 is 10.1 Å². The van der Waals surface area contributed by atoms with Gasteiger partial charge in [-0.15, -0.1) is 20.4 Å². The van der Waals surface area contributed by atoms with Gasteiger partial charge in [-0.2, -0.15) is 0 Å². The molecule has 1 aromatic carbocycles. The number of nitrogens with one attached hydrogen (secondary N) is 1. The van der Waals surface area contributed by atoms with E-state index in [2.05, 4.69) is 25.7 Å². The van der Waals surface area contributed by atoms with E-state index in [0.29, 0.717) is 29.6 Å². The number of ether oxygens (including phenoxy) is 1. The fraction of sp³-hybridized carbons (Fsp3) is 0.333. The zero-order chi connectivity index (χ0) is 22.4. The average molecular weight is 446 g/mol. The standard InChI is InChI=1S/C24H23FN6O2/c25-24-19-3-1-2-16(27-19)11-21(24)33-23-9-7-18(28-30-23)17-6-4-14(10-20(17)32)15-5-8-22-29-26-13-31(22)12-15/h4-10,12-13,16,19,21,24,27,32H,1-3,11H2/t16-,19+,21-,24+/m1/s1. The van der Waals surface area contributed by atoms with Gasteiger partial charge in [0.2, 0.25) is 5.88 Å². The molecule has 2 fully saturated rings. The zero-order valence-electron chi connectivity index (χ0n) is 17.8. The molecule has 2 aliphatic rings. The van der Waals surface area contributed by atoms with E-state index >= 15 is 0 Å². The summed E-state index contributed by atoms with van der Waals surface area (Å²) in [7, 11) is 0. The highest BCUT2D eigenvalue weighted by molar-refractivity contribution is 5.74. The Kier molecular flexibility index (Phi) is 4.91. The van der Waals surface area contributed by atoms with Gasteiger partial charge >= 0.3 is 0 Å². The Labute approximate surface area is 189 Å². The lowest BCUT2D eigenvalue weighted by Crippen LogP contribution is -2.59. The molecule has 0 unspecified atom stereocenters. The van der Waals surface area contributed by atoms with Crippen LogP contribution in [0, 0.1) is 0 Å². The van der Waals surface area contributed by atoms with Gasteiger partial charge in [0.15, 0.2) is 11.8 Å². The molecule has 6 rings (SSSR count). The number of benzene rings is 1. The number of alkyl halides is 1. The number of hydrogen-bond acceptors (Lipinski definition) is 7. The maximum Gasteiger partial charge on any atom is 0.233 e. The van der Waals surface area contributed by atoms with Crippen molar-refractivity contribution in [1.82, 2.24) is 30.1 Å². The molecule has 2 N–H and O–H groups in total. The fourth-order valence-corrected chi connectivity index (χ4v) is 4.88. The molecular formula is C24H23FN6O2. The number of fused-ring (bicyclic) bond motifs is 3. The lowest BCUT2D eigenvalue weighted by Gasteiger charge is -2.42. The Morgan fingerprint density at radius 2 is 1.94 bits per heavy atom. The summed E-state index contributed by atoms with van der Waals surface area (Å²) in [5, 5.41) is 30.2. The molecule has 5 heterocycles. The number of nitrogens with zero attached hydrogens (tertiary/aromatic N) is 5. The number of hydrogen-bond donors (Lipinski definition) is 2. The van der Waals surface area contributed by atoms with Crippen molar-refractivity contribution in [3.8, 4) is 34.0 Å². The maximum atomic E-state index is 14.8. The molecule has 3 aromatic heterocycles. The first-order chi connectivity index (χ1) is 16.1. The molecule has 168 valence electrons. The third kappa shape index (κ3) is 3.78. The van der Waals surface area contributed by atoms with Crippen LogP contribution in [0.1, 0.15) is 25.7 Å². The SMILES string of the molecule is Oc1cc(-c2ccc3nncn3c2)ccc1-c1ccc(O[C@@H]2C[C@H]3CCC[C@H](N3)[C@@H]2F)nn1. The molecule has 2 saturated heterocycles. The molecule has 0 aliphatic carbocycles. The minimum absolute atomic E-state index is 0.0920. The average Bonchev–Trinajstić information content (AvgIpc) is 3.31. The van der Waals surface area contributed by atoms with Crippen LogP contribution in [0.2, 0.25) is 0 Å². The topological polar surface area (TPSA) is 97.5 Å². The molecule has 0 amide bonds.